The molecule has 21 heavy (non-hydrogen) atoms. The molecule has 0 amide bonds. The molecule has 0 aliphatic heterocycles. The molecule has 7 heteroatoms. The van der Waals surface area contributed by atoms with E-state index in [2.05, 4.69) is 4.98 Å². The van der Waals surface area contributed by atoms with Gasteiger partial charge in [0, 0.05) is 12.1 Å². The second-order valence-corrected chi connectivity index (χ2v) is 4.00. The van der Waals surface area contributed by atoms with Gasteiger partial charge in [0.2, 0.25) is 0 Å². The fourth-order valence-corrected chi connectivity index (χ4v) is 1.48. The Morgan fingerprint density at radius 1 is 1.10 bits per heavy atom. The summed E-state index contributed by atoms with van der Waals surface area (Å²) in [5.74, 6) is -0.885. The standard InChI is InChI=1S/C14H20N2O5/c1-3-19-13(17)11-8-10(21-7-5-6-15)9-12(16-11)14(18)20-4-2/h8-9H,3-7,15H2,1-2H3. The summed E-state index contributed by atoms with van der Waals surface area (Å²) < 4.78 is 15.2. The number of hydrogen-bond donors (Lipinski definition) is 1. The predicted molar refractivity (Wildman–Crippen MR) is 75.3 cm³/mol. The van der Waals surface area contributed by atoms with Gasteiger partial charge in [-0.1, -0.05) is 0 Å². The van der Waals surface area contributed by atoms with Crippen molar-refractivity contribution in [2.45, 2.75) is 20.3 Å². The Labute approximate surface area is 123 Å². The van der Waals surface area contributed by atoms with Crippen LogP contribution in [-0.2, 0) is 9.47 Å². The topological polar surface area (TPSA) is 101 Å². The van der Waals surface area contributed by atoms with Crippen molar-refractivity contribution in [2.75, 3.05) is 26.4 Å². The first-order valence-electron chi connectivity index (χ1n) is 6.81. The monoisotopic (exact) mass is 296 g/mol. The molecule has 116 valence electrons. The number of hydrogen-bond acceptors (Lipinski definition) is 7. The van der Waals surface area contributed by atoms with Gasteiger partial charge < -0.3 is 19.9 Å². The van der Waals surface area contributed by atoms with E-state index in [4.69, 9.17) is 19.9 Å². The molecule has 0 radical (unpaired) electrons. The molecule has 0 aromatic carbocycles. The highest BCUT2D eigenvalue weighted by Gasteiger charge is 2.17. The summed E-state index contributed by atoms with van der Waals surface area (Å²) in [5.41, 5.74) is 5.40. The molecule has 0 atom stereocenters. The molecule has 0 aliphatic carbocycles. The molecule has 0 aliphatic rings. The molecule has 2 N–H and O–H groups in total. The third kappa shape index (κ3) is 5.39. The Balaban J connectivity index is 3.00. The minimum atomic E-state index is -0.618. The Kier molecular flexibility index (Phi) is 7.17. The van der Waals surface area contributed by atoms with Crippen molar-refractivity contribution in [1.29, 1.82) is 0 Å². The fourth-order valence-electron chi connectivity index (χ4n) is 1.48. The van der Waals surface area contributed by atoms with Crippen molar-refractivity contribution in [3.05, 3.63) is 23.5 Å². The first-order valence-corrected chi connectivity index (χ1v) is 6.81. The summed E-state index contributed by atoms with van der Waals surface area (Å²) in [6, 6.07) is 2.86. The zero-order valence-corrected chi connectivity index (χ0v) is 12.3. The number of esters is 2. The van der Waals surface area contributed by atoms with Gasteiger partial charge in [0.05, 0.1) is 19.8 Å². The highest BCUT2D eigenvalue weighted by molar-refractivity contribution is 5.92. The van der Waals surface area contributed by atoms with E-state index in [0.29, 0.717) is 25.3 Å². The largest absolute Gasteiger partial charge is 0.493 e. The van der Waals surface area contributed by atoms with E-state index in [1.54, 1.807) is 13.8 Å². The minimum Gasteiger partial charge on any atom is -0.493 e. The maximum absolute atomic E-state index is 11.7. The molecule has 0 fully saturated rings. The average Bonchev–Trinajstić information content (AvgIpc) is 2.48. The van der Waals surface area contributed by atoms with Crippen molar-refractivity contribution in [2.24, 2.45) is 5.73 Å². The number of pyridine rings is 1. The van der Waals surface area contributed by atoms with E-state index < -0.39 is 11.9 Å². The van der Waals surface area contributed by atoms with Gasteiger partial charge in [-0.3, -0.25) is 0 Å². The molecule has 0 unspecified atom stereocenters. The Hall–Kier alpha value is -2.15. The van der Waals surface area contributed by atoms with Crippen LogP contribution in [0.3, 0.4) is 0 Å². The van der Waals surface area contributed by atoms with Gasteiger partial charge in [0.15, 0.2) is 11.4 Å². The van der Waals surface area contributed by atoms with Crippen LogP contribution in [0.15, 0.2) is 12.1 Å². The first-order chi connectivity index (χ1) is 10.1. The summed E-state index contributed by atoms with van der Waals surface area (Å²) in [5, 5.41) is 0. The van der Waals surface area contributed by atoms with E-state index in [-0.39, 0.29) is 24.6 Å². The SMILES string of the molecule is CCOC(=O)c1cc(OCCCN)cc(C(=O)OCC)n1. The molecule has 0 bridgehead atoms. The van der Waals surface area contributed by atoms with Crippen molar-refractivity contribution in [3.63, 3.8) is 0 Å². The van der Waals surface area contributed by atoms with Gasteiger partial charge in [-0.25, -0.2) is 14.6 Å². The third-order valence-electron chi connectivity index (χ3n) is 2.39. The molecule has 1 rings (SSSR count). The minimum absolute atomic E-state index is 0.00477. The molecule has 0 saturated carbocycles. The number of carbonyl (C=O) groups is 2. The number of rotatable bonds is 8. The van der Waals surface area contributed by atoms with E-state index >= 15 is 0 Å². The normalized spacial score (nSPS) is 10.0. The lowest BCUT2D eigenvalue weighted by atomic mass is 10.2. The van der Waals surface area contributed by atoms with Crippen molar-refractivity contribution < 1.29 is 23.8 Å². The zero-order chi connectivity index (χ0) is 15.7. The summed E-state index contributed by atoms with van der Waals surface area (Å²) in [6.07, 6.45) is 0.659. The number of carbonyl (C=O) groups excluding carboxylic acids is 2. The molecule has 1 aromatic rings. The van der Waals surface area contributed by atoms with Gasteiger partial charge in [-0.15, -0.1) is 0 Å². The van der Waals surface area contributed by atoms with E-state index in [9.17, 15) is 9.59 Å². The lowest BCUT2D eigenvalue weighted by molar-refractivity contribution is 0.0510. The van der Waals surface area contributed by atoms with Crippen LogP contribution in [0.1, 0.15) is 41.2 Å². The highest BCUT2D eigenvalue weighted by Crippen LogP contribution is 2.16. The zero-order valence-electron chi connectivity index (χ0n) is 12.3. The highest BCUT2D eigenvalue weighted by atomic mass is 16.5. The van der Waals surface area contributed by atoms with Gasteiger partial charge in [-0.2, -0.15) is 0 Å². The maximum Gasteiger partial charge on any atom is 0.357 e. The number of nitrogens with two attached hydrogens (primary N) is 1. The van der Waals surface area contributed by atoms with Gasteiger partial charge >= 0.3 is 11.9 Å². The lowest BCUT2D eigenvalue weighted by Gasteiger charge is -2.09. The second-order valence-electron chi connectivity index (χ2n) is 4.00. The molecule has 1 aromatic heterocycles. The fraction of sp³-hybridized carbons (Fsp3) is 0.500. The van der Waals surface area contributed by atoms with Gasteiger partial charge in [0.1, 0.15) is 5.75 Å². The second kappa shape index (κ2) is 8.91. The molecule has 1 heterocycles. The summed E-state index contributed by atoms with van der Waals surface area (Å²) >= 11 is 0. The molecule has 7 nitrogen and oxygen atoms in total. The van der Waals surface area contributed by atoms with E-state index in [0.717, 1.165) is 0 Å². The Bertz CT molecular complexity index is 454. The summed E-state index contributed by atoms with van der Waals surface area (Å²) in [7, 11) is 0. The maximum atomic E-state index is 11.7. The molecular weight excluding hydrogens is 276 g/mol. The van der Waals surface area contributed by atoms with Gasteiger partial charge in [-0.05, 0) is 26.8 Å². The van der Waals surface area contributed by atoms with E-state index in [1.807, 2.05) is 0 Å². The Morgan fingerprint density at radius 2 is 1.62 bits per heavy atom. The van der Waals surface area contributed by atoms with Crippen LogP contribution in [0.4, 0.5) is 0 Å². The van der Waals surface area contributed by atoms with E-state index in [1.165, 1.54) is 12.1 Å². The van der Waals surface area contributed by atoms with Crippen LogP contribution >= 0.6 is 0 Å². The third-order valence-corrected chi connectivity index (χ3v) is 2.39. The molecule has 0 saturated heterocycles. The predicted octanol–water partition coefficient (Wildman–Crippen LogP) is 1.16. The van der Waals surface area contributed by atoms with Crippen LogP contribution in [0.25, 0.3) is 0 Å². The summed E-state index contributed by atoms with van der Waals surface area (Å²) in [4.78, 5) is 27.4. The number of aromatic nitrogens is 1. The van der Waals surface area contributed by atoms with Crippen LogP contribution < -0.4 is 10.5 Å². The summed E-state index contributed by atoms with van der Waals surface area (Å²) in [6.45, 7) is 4.67. The van der Waals surface area contributed by atoms with Crippen LogP contribution in [0.5, 0.6) is 5.75 Å². The van der Waals surface area contributed by atoms with Crippen LogP contribution in [0, 0.1) is 0 Å². The first kappa shape index (κ1) is 16.9. The molecule has 0 spiro atoms. The Morgan fingerprint density at radius 3 is 2.05 bits per heavy atom. The number of nitrogens with zero attached hydrogens (tertiary/aromatic N) is 1. The van der Waals surface area contributed by atoms with Crippen molar-refractivity contribution >= 4 is 11.9 Å². The van der Waals surface area contributed by atoms with Crippen LogP contribution in [0.2, 0.25) is 0 Å². The number of ether oxygens (including phenoxy) is 3. The van der Waals surface area contributed by atoms with Crippen molar-refractivity contribution in [3.8, 4) is 5.75 Å². The smallest absolute Gasteiger partial charge is 0.357 e. The average molecular weight is 296 g/mol. The van der Waals surface area contributed by atoms with Crippen molar-refractivity contribution in [1.82, 2.24) is 4.98 Å². The van der Waals surface area contributed by atoms with Gasteiger partial charge in [0.25, 0.3) is 0 Å². The molecular formula is C14H20N2O5. The lowest BCUT2D eigenvalue weighted by Crippen LogP contribution is -2.14. The van der Waals surface area contributed by atoms with Crippen LogP contribution in [-0.4, -0.2) is 43.3 Å². The quantitative estimate of drug-likeness (QED) is 0.567.